The quantitative estimate of drug-likeness (QED) is 0.0645. The van der Waals surface area contributed by atoms with E-state index in [4.69, 9.17) is 16.0 Å². The Labute approximate surface area is 356 Å². The van der Waals surface area contributed by atoms with Gasteiger partial charge in [-0.25, -0.2) is 4.85 Å². The summed E-state index contributed by atoms with van der Waals surface area (Å²) in [5.41, 5.74) is 2.46. The fraction of sp³-hybridized carbons (Fsp3) is 0.438. The van der Waals surface area contributed by atoms with Crippen LogP contribution in [-0.2, 0) is 9.59 Å². The fourth-order valence-corrected chi connectivity index (χ4v) is 10.1. The first kappa shape index (κ1) is 41.6. The van der Waals surface area contributed by atoms with Gasteiger partial charge in [0.15, 0.2) is 5.78 Å². The molecule has 1 saturated heterocycles. The molecule has 0 bridgehead atoms. The molecule has 1 N–H and O–H groups in total. The number of fused-ring (bicyclic) bond motifs is 2. The molecule has 3 aromatic carbocycles. The van der Waals surface area contributed by atoms with E-state index < -0.39 is 17.9 Å². The summed E-state index contributed by atoms with van der Waals surface area (Å²) in [5.74, 6) is -0.163. The van der Waals surface area contributed by atoms with Crippen LogP contribution in [0, 0.1) is 17.4 Å². The molecule has 316 valence electrons. The zero-order valence-electron chi connectivity index (χ0n) is 35.2. The molecular weight excluding hydrogens is 773 g/mol. The summed E-state index contributed by atoms with van der Waals surface area (Å²) < 4.78 is 12.7. The first-order valence-electron chi connectivity index (χ1n) is 21.3. The lowest BCUT2D eigenvalue weighted by Crippen LogP contribution is -2.74. The number of imide groups is 1. The van der Waals surface area contributed by atoms with Crippen LogP contribution in [0.5, 0.6) is 11.5 Å². The predicted molar refractivity (Wildman–Crippen MR) is 230 cm³/mol. The van der Waals surface area contributed by atoms with Gasteiger partial charge in [-0.1, -0.05) is 33.8 Å². The molecule has 1 aromatic heterocycles. The van der Waals surface area contributed by atoms with Crippen LogP contribution in [0.2, 0.25) is 0 Å². The predicted octanol–water partition coefficient (Wildman–Crippen LogP) is 7.06. The maximum absolute atomic E-state index is 13.5. The van der Waals surface area contributed by atoms with Crippen molar-refractivity contribution in [1.82, 2.24) is 20.1 Å². The molecular formula is C48H52N6O7. The molecule has 1 atom stereocenters. The Bertz CT molecular complexity index is 2410. The van der Waals surface area contributed by atoms with Crippen LogP contribution >= 0.6 is 0 Å². The molecule has 0 radical (unpaired) electrons. The number of Topliss-reactive ketones (excluding diaryl/α,β-unsaturated/α-hetero) is 2. The van der Waals surface area contributed by atoms with E-state index in [1.165, 1.54) is 0 Å². The number of nitrogens with zero attached hydrogens (tertiary/aromatic N) is 5. The van der Waals surface area contributed by atoms with Gasteiger partial charge in [0, 0.05) is 72.3 Å². The monoisotopic (exact) mass is 824 g/mol. The SMILES string of the molecule is [C-]#[N+]c1ccc(OC2C(C)(C)C(NC(=O)c3ccc(OCCCCCN4CCN(c5ccc6c(c5)C(=O)N(C5CCC(=O)CC5=O)C6=O)CC4)cc3)C2(C)C)c2cccnc12. The number of carbonyl (C=O) groups is 5. The van der Waals surface area contributed by atoms with Crippen LogP contribution in [0.15, 0.2) is 72.9 Å². The molecule has 2 saturated carbocycles. The van der Waals surface area contributed by atoms with E-state index in [2.05, 4.69) is 52.6 Å². The zero-order valence-corrected chi connectivity index (χ0v) is 35.2. The summed E-state index contributed by atoms with van der Waals surface area (Å²) in [7, 11) is 0. The highest BCUT2D eigenvalue weighted by atomic mass is 16.5. The Hall–Kier alpha value is -6.13. The number of ketones is 2. The van der Waals surface area contributed by atoms with E-state index in [-0.39, 0.29) is 59.7 Å². The molecule has 61 heavy (non-hydrogen) atoms. The third-order valence-corrected chi connectivity index (χ3v) is 13.1. The fourth-order valence-electron chi connectivity index (χ4n) is 10.1. The molecule has 2 aliphatic heterocycles. The number of pyridine rings is 1. The number of rotatable bonds is 13. The van der Waals surface area contributed by atoms with Gasteiger partial charge in [0.1, 0.15) is 23.4 Å². The minimum atomic E-state index is -0.865. The summed E-state index contributed by atoms with van der Waals surface area (Å²) in [6.07, 6.45) is 4.63. The lowest BCUT2D eigenvalue weighted by Gasteiger charge is -2.63. The van der Waals surface area contributed by atoms with Crippen molar-refractivity contribution in [2.45, 2.75) is 84.4 Å². The number of benzene rings is 3. The highest BCUT2D eigenvalue weighted by Gasteiger charge is 2.64. The second kappa shape index (κ2) is 16.7. The standard InChI is InChI=1S/C48H52N6O7/c1-47(2)45(48(3,4)46(47)61-40-20-18-37(49-5)41-35(40)10-9-21-50-41)51-42(57)30-11-15-33(16-12-30)60-27-8-6-7-22-52-23-25-53(26-24-52)31-13-17-34-36(28-31)44(59)54(43(34)58)38-19-14-32(55)29-39(38)56/h9-13,15-18,20-21,28,38,45-46H,6-8,14,19,22-27,29H2,1-4H3,(H,51,57). The minimum absolute atomic E-state index is 0.141. The molecule has 4 aliphatic rings. The van der Waals surface area contributed by atoms with Crippen LogP contribution in [0.3, 0.4) is 0 Å². The Morgan fingerprint density at radius 3 is 2.34 bits per heavy atom. The van der Waals surface area contributed by atoms with Crippen LogP contribution in [0.25, 0.3) is 15.7 Å². The van der Waals surface area contributed by atoms with E-state index >= 15 is 0 Å². The largest absolute Gasteiger partial charge is 0.494 e. The van der Waals surface area contributed by atoms with Gasteiger partial charge in [0.2, 0.25) is 5.69 Å². The Balaban J connectivity index is 0.744. The number of nitrogens with one attached hydrogen (secondary N) is 1. The van der Waals surface area contributed by atoms with Crippen molar-refractivity contribution in [3.05, 3.63) is 101 Å². The van der Waals surface area contributed by atoms with Gasteiger partial charge in [-0.2, -0.15) is 0 Å². The molecule has 0 spiro atoms. The zero-order chi connectivity index (χ0) is 43.1. The van der Waals surface area contributed by atoms with Crippen molar-refractivity contribution in [2.24, 2.45) is 10.8 Å². The highest BCUT2D eigenvalue weighted by molar-refractivity contribution is 6.24. The summed E-state index contributed by atoms with van der Waals surface area (Å²) in [4.78, 5) is 77.9. The van der Waals surface area contributed by atoms with Gasteiger partial charge in [-0.3, -0.25) is 38.8 Å². The topological polar surface area (TPSA) is 143 Å². The second-order valence-corrected chi connectivity index (χ2v) is 17.8. The van der Waals surface area contributed by atoms with E-state index in [9.17, 15) is 24.0 Å². The van der Waals surface area contributed by atoms with E-state index in [1.807, 2.05) is 36.4 Å². The Kier molecular flexibility index (Phi) is 11.4. The molecule has 13 heteroatoms. The highest BCUT2D eigenvalue weighted by Crippen LogP contribution is 2.56. The van der Waals surface area contributed by atoms with Gasteiger partial charge < -0.3 is 19.7 Å². The van der Waals surface area contributed by atoms with Crippen molar-refractivity contribution < 1.29 is 33.4 Å². The molecule has 1 unspecified atom stereocenters. The molecule has 8 rings (SSSR count). The van der Waals surface area contributed by atoms with Crippen LogP contribution in [-0.4, -0.2) is 102 Å². The number of carbonyl (C=O) groups excluding carboxylic acids is 5. The third-order valence-electron chi connectivity index (χ3n) is 13.1. The normalized spacial score (nSPS) is 22.1. The third kappa shape index (κ3) is 7.97. The van der Waals surface area contributed by atoms with Crippen LogP contribution in [0.1, 0.15) is 97.3 Å². The maximum atomic E-state index is 13.5. The number of aromatic nitrogens is 1. The molecule has 3 fully saturated rings. The van der Waals surface area contributed by atoms with Gasteiger partial charge in [0.05, 0.1) is 42.3 Å². The molecule has 3 amide bonds. The first-order valence-corrected chi connectivity index (χ1v) is 21.3. The van der Waals surface area contributed by atoms with Crippen molar-refractivity contribution in [3.63, 3.8) is 0 Å². The minimum Gasteiger partial charge on any atom is -0.494 e. The average molecular weight is 825 g/mol. The Morgan fingerprint density at radius 1 is 0.885 bits per heavy atom. The lowest BCUT2D eigenvalue weighted by atomic mass is 9.49. The molecule has 2 aliphatic carbocycles. The number of amides is 3. The number of ether oxygens (including phenoxy) is 2. The van der Waals surface area contributed by atoms with E-state index in [1.54, 1.807) is 36.5 Å². The smallest absolute Gasteiger partial charge is 0.262 e. The van der Waals surface area contributed by atoms with E-state index in [0.717, 1.165) is 73.7 Å². The van der Waals surface area contributed by atoms with Gasteiger partial charge in [0.25, 0.3) is 17.7 Å². The number of piperazine rings is 1. The summed E-state index contributed by atoms with van der Waals surface area (Å²) in [6, 6.07) is 19.0. The number of hydrogen-bond acceptors (Lipinski definition) is 10. The number of hydrogen-bond donors (Lipinski definition) is 1. The van der Waals surface area contributed by atoms with E-state index in [0.29, 0.717) is 40.3 Å². The van der Waals surface area contributed by atoms with Crippen molar-refractivity contribution >= 4 is 51.6 Å². The summed E-state index contributed by atoms with van der Waals surface area (Å²) in [6.45, 7) is 20.9. The summed E-state index contributed by atoms with van der Waals surface area (Å²) >= 11 is 0. The lowest BCUT2D eigenvalue weighted by molar-refractivity contribution is -0.163. The van der Waals surface area contributed by atoms with Crippen LogP contribution < -0.4 is 19.7 Å². The second-order valence-electron chi connectivity index (χ2n) is 17.8. The van der Waals surface area contributed by atoms with Crippen molar-refractivity contribution in [3.8, 4) is 11.5 Å². The molecule has 4 aromatic rings. The maximum Gasteiger partial charge on any atom is 0.262 e. The van der Waals surface area contributed by atoms with Gasteiger partial charge in [-0.05, 0) is 92.9 Å². The number of unbranched alkanes of at least 4 members (excludes halogenated alkanes) is 2. The Morgan fingerprint density at radius 2 is 1.62 bits per heavy atom. The van der Waals surface area contributed by atoms with Crippen molar-refractivity contribution in [2.75, 3.05) is 44.2 Å². The van der Waals surface area contributed by atoms with Crippen LogP contribution in [0.4, 0.5) is 11.4 Å². The number of anilines is 1. The average Bonchev–Trinajstić information content (AvgIpc) is 3.50. The van der Waals surface area contributed by atoms with Gasteiger partial charge >= 0.3 is 0 Å². The first-order chi connectivity index (χ1) is 29.3. The summed E-state index contributed by atoms with van der Waals surface area (Å²) in [5, 5.41) is 4.07. The van der Waals surface area contributed by atoms with Crippen molar-refractivity contribution in [1.29, 1.82) is 0 Å². The molecule has 3 heterocycles. The van der Waals surface area contributed by atoms with Gasteiger partial charge in [-0.15, -0.1) is 0 Å². The molecule has 13 nitrogen and oxygen atoms in total.